The van der Waals surface area contributed by atoms with Crippen molar-refractivity contribution in [3.05, 3.63) is 82.5 Å². The molecule has 2 aromatic rings. The molecule has 0 fully saturated rings. The topological polar surface area (TPSA) is 24.9 Å². The Morgan fingerprint density at radius 2 is 1.36 bits per heavy atom. The van der Waals surface area contributed by atoms with Gasteiger partial charge in [-0.1, -0.05) is 48.1 Å². The maximum Gasteiger partial charge on any atom is 0.122 e. The van der Waals surface area contributed by atoms with Gasteiger partial charge in [-0.15, -0.1) is 0 Å². The number of rotatable bonds is 11. The van der Waals surface area contributed by atoms with Crippen LogP contribution in [0.2, 0.25) is 0 Å². The van der Waals surface area contributed by atoms with Crippen molar-refractivity contribution >= 4 is 0 Å². The Morgan fingerprint density at radius 1 is 0.861 bits per heavy atom. The van der Waals surface area contributed by atoms with Crippen molar-refractivity contribution in [1.29, 1.82) is 0 Å². The van der Waals surface area contributed by atoms with E-state index in [0.29, 0.717) is 5.92 Å². The molecule has 0 saturated heterocycles. The van der Waals surface area contributed by atoms with E-state index in [4.69, 9.17) is 9.47 Å². The van der Waals surface area contributed by atoms with Crippen molar-refractivity contribution in [2.75, 3.05) is 55.5 Å². The van der Waals surface area contributed by atoms with Crippen molar-refractivity contribution < 1.29 is 9.47 Å². The van der Waals surface area contributed by atoms with E-state index in [1.54, 1.807) is 14.2 Å². The summed E-state index contributed by atoms with van der Waals surface area (Å²) in [5, 5.41) is 0. The number of allylic oxidation sites excluding steroid dienone is 3. The Bertz CT molecular complexity index is 1070. The fourth-order valence-corrected chi connectivity index (χ4v) is 5.57. The van der Waals surface area contributed by atoms with Crippen LogP contribution in [0, 0.1) is 5.92 Å². The monoisotopic (exact) mass is 490 g/mol. The van der Waals surface area contributed by atoms with Gasteiger partial charge < -0.3 is 19.3 Å². The predicted octanol–water partition coefficient (Wildman–Crippen LogP) is 6.32. The Morgan fingerprint density at radius 3 is 1.83 bits per heavy atom. The lowest BCUT2D eigenvalue weighted by atomic mass is 9.65. The highest BCUT2D eigenvalue weighted by Gasteiger charge is 2.37. The average Bonchev–Trinajstić information content (AvgIpc) is 2.85. The molecule has 0 radical (unpaired) electrons. The minimum Gasteiger partial charge on any atom is -0.496 e. The molecule has 0 N–H and O–H groups in total. The van der Waals surface area contributed by atoms with Crippen LogP contribution in [0.5, 0.6) is 11.5 Å². The van der Waals surface area contributed by atoms with Crippen molar-refractivity contribution in [3.63, 3.8) is 0 Å². The van der Waals surface area contributed by atoms with Gasteiger partial charge in [0.05, 0.1) is 14.2 Å². The molecule has 36 heavy (non-hydrogen) atoms. The molecule has 0 saturated carbocycles. The standard InChI is InChI=1S/C32H46N2O2/c1-22(2)32-28(26-20-24(14-16-33(4)5)10-12-30(26)35-8)18-23(3)19-29(32)27-21-25(15-17-34(6)7)11-13-31(27)36-9/h10-13,18,20-21,28-29,32H,1,14-17,19H2,2-9H3. The number of ether oxygens (including phenoxy) is 2. The van der Waals surface area contributed by atoms with Gasteiger partial charge in [-0.2, -0.15) is 0 Å². The number of benzene rings is 2. The molecule has 1 aliphatic carbocycles. The Labute approximate surface area is 219 Å². The number of hydrogen-bond acceptors (Lipinski definition) is 4. The maximum atomic E-state index is 5.91. The lowest BCUT2D eigenvalue weighted by Gasteiger charge is -2.39. The first-order valence-electron chi connectivity index (χ1n) is 13.1. The van der Waals surface area contributed by atoms with Crippen LogP contribution < -0.4 is 9.47 Å². The first-order chi connectivity index (χ1) is 17.1. The SMILES string of the molecule is C=C(C)C1C(c2cc(CCN(C)C)ccc2OC)C=C(C)CC1c1cc(CCN(C)C)ccc1OC. The summed E-state index contributed by atoms with van der Waals surface area (Å²) in [6.07, 6.45) is 5.49. The fraction of sp³-hybridized carbons (Fsp3) is 0.500. The third kappa shape index (κ3) is 6.80. The molecular formula is C32H46N2O2. The molecule has 3 rings (SSSR count). The molecular weight excluding hydrogens is 444 g/mol. The molecule has 0 aromatic heterocycles. The second-order valence-corrected chi connectivity index (χ2v) is 11.0. The third-order valence-corrected chi connectivity index (χ3v) is 7.44. The van der Waals surface area contributed by atoms with Crippen molar-refractivity contribution in [1.82, 2.24) is 9.80 Å². The molecule has 0 heterocycles. The van der Waals surface area contributed by atoms with Crippen LogP contribution in [-0.4, -0.2) is 65.3 Å². The molecule has 196 valence electrons. The van der Waals surface area contributed by atoms with Gasteiger partial charge in [0, 0.05) is 24.6 Å². The summed E-state index contributed by atoms with van der Waals surface area (Å²) in [4.78, 5) is 4.47. The van der Waals surface area contributed by atoms with Gasteiger partial charge in [0.25, 0.3) is 0 Å². The van der Waals surface area contributed by atoms with Crippen molar-refractivity contribution in [2.24, 2.45) is 5.92 Å². The van der Waals surface area contributed by atoms with Crippen LogP contribution in [0.15, 0.2) is 60.2 Å². The first-order valence-corrected chi connectivity index (χ1v) is 13.1. The van der Waals surface area contributed by atoms with Crippen LogP contribution >= 0.6 is 0 Å². The Hall–Kier alpha value is -2.56. The summed E-state index contributed by atoms with van der Waals surface area (Å²) in [6.45, 7) is 11.0. The van der Waals surface area contributed by atoms with Crippen LogP contribution in [0.3, 0.4) is 0 Å². The number of hydrogen-bond donors (Lipinski definition) is 0. The van der Waals surface area contributed by atoms with Gasteiger partial charge in [-0.3, -0.25) is 0 Å². The smallest absolute Gasteiger partial charge is 0.122 e. The summed E-state index contributed by atoms with van der Waals surface area (Å²) in [5.41, 5.74) is 7.86. The predicted molar refractivity (Wildman–Crippen MR) is 153 cm³/mol. The van der Waals surface area contributed by atoms with Gasteiger partial charge in [0.2, 0.25) is 0 Å². The summed E-state index contributed by atoms with van der Waals surface area (Å²) in [5.74, 6) is 2.67. The number of methoxy groups -OCH3 is 2. The molecule has 3 unspecified atom stereocenters. The van der Waals surface area contributed by atoms with E-state index in [1.807, 2.05) is 0 Å². The summed E-state index contributed by atoms with van der Waals surface area (Å²) in [7, 11) is 12.1. The Balaban J connectivity index is 2.08. The second-order valence-electron chi connectivity index (χ2n) is 11.0. The molecule has 3 atom stereocenters. The van der Waals surface area contributed by atoms with Crippen LogP contribution in [-0.2, 0) is 12.8 Å². The maximum absolute atomic E-state index is 5.91. The van der Waals surface area contributed by atoms with E-state index >= 15 is 0 Å². The van der Waals surface area contributed by atoms with E-state index < -0.39 is 0 Å². The molecule has 1 aliphatic rings. The van der Waals surface area contributed by atoms with E-state index in [0.717, 1.165) is 43.9 Å². The van der Waals surface area contributed by atoms with Crippen molar-refractivity contribution in [3.8, 4) is 11.5 Å². The van der Waals surface area contributed by atoms with Gasteiger partial charge in [0.15, 0.2) is 0 Å². The van der Waals surface area contributed by atoms with E-state index in [-0.39, 0.29) is 11.8 Å². The minimum atomic E-state index is 0.200. The van der Waals surface area contributed by atoms with Crippen molar-refractivity contribution in [2.45, 2.75) is 44.9 Å². The summed E-state index contributed by atoms with van der Waals surface area (Å²) >= 11 is 0. The van der Waals surface area contributed by atoms with Crippen LogP contribution in [0.4, 0.5) is 0 Å². The van der Waals surface area contributed by atoms with Gasteiger partial charge >= 0.3 is 0 Å². The minimum absolute atomic E-state index is 0.200. The third-order valence-electron chi connectivity index (χ3n) is 7.44. The number of nitrogens with zero attached hydrogens (tertiary/aromatic N) is 2. The second kappa shape index (κ2) is 12.6. The Kier molecular flexibility index (Phi) is 9.81. The highest BCUT2D eigenvalue weighted by atomic mass is 16.5. The largest absolute Gasteiger partial charge is 0.496 e. The average molecular weight is 491 g/mol. The van der Waals surface area contributed by atoms with Crippen LogP contribution in [0.25, 0.3) is 0 Å². The normalized spacial score (nSPS) is 19.9. The summed E-state index contributed by atoms with van der Waals surface area (Å²) in [6, 6.07) is 13.5. The first kappa shape index (κ1) is 28.0. The molecule has 2 aromatic carbocycles. The quantitative estimate of drug-likeness (QED) is 0.344. The zero-order valence-electron chi connectivity index (χ0n) is 23.7. The molecule has 0 aliphatic heterocycles. The van der Waals surface area contributed by atoms with E-state index in [9.17, 15) is 0 Å². The van der Waals surface area contributed by atoms with Gasteiger partial charge in [0.1, 0.15) is 11.5 Å². The van der Waals surface area contributed by atoms with Gasteiger partial charge in [-0.25, -0.2) is 0 Å². The zero-order valence-corrected chi connectivity index (χ0v) is 23.7. The van der Waals surface area contributed by atoms with Gasteiger partial charge in [-0.05, 0) is 102 Å². The van der Waals surface area contributed by atoms with Crippen LogP contribution in [0.1, 0.15) is 54.4 Å². The highest BCUT2D eigenvalue weighted by molar-refractivity contribution is 5.48. The lowest BCUT2D eigenvalue weighted by Crippen LogP contribution is -2.26. The fourth-order valence-electron chi connectivity index (χ4n) is 5.57. The van der Waals surface area contributed by atoms with E-state index in [2.05, 4.69) is 101 Å². The number of likely N-dealkylation sites (N-methyl/N-ethyl adjacent to an activating group) is 2. The zero-order chi connectivity index (χ0) is 26.4. The molecule has 0 amide bonds. The molecule has 4 nitrogen and oxygen atoms in total. The lowest BCUT2D eigenvalue weighted by molar-refractivity contribution is 0.364. The molecule has 0 spiro atoms. The molecule has 4 heteroatoms. The molecule has 0 bridgehead atoms. The van der Waals surface area contributed by atoms with E-state index in [1.165, 1.54) is 33.4 Å². The highest BCUT2D eigenvalue weighted by Crippen LogP contribution is 2.51. The summed E-state index contributed by atoms with van der Waals surface area (Å²) < 4.78 is 11.8.